The van der Waals surface area contributed by atoms with Crippen molar-refractivity contribution >= 4 is 0 Å². The number of hydrogen-bond acceptors (Lipinski definition) is 5. The van der Waals surface area contributed by atoms with Gasteiger partial charge in [-0.05, 0) is 32.2 Å². The van der Waals surface area contributed by atoms with Crippen LogP contribution in [0.25, 0.3) is 0 Å². The first-order valence-electron chi connectivity index (χ1n) is 6.93. The topological polar surface area (TPSA) is 92.5 Å². The Bertz CT molecular complexity index is 292. The fourth-order valence-corrected chi connectivity index (χ4v) is 2.56. The molecule has 1 rings (SSSR count). The van der Waals surface area contributed by atoms with Crippen LogP contribution in [0.5, 0.6) is 0 Å². The molecule has 6 heteroatoms. The number of hydrogen-bond donors (Lipinski definition) is 3. The maximum Gasteiger partial charge on any atom is 0.188 e. The van der Waals surface area contributed by atoms with Crippen molar-refractivity contribution in [1.82, 2.24) is 25.9 Å². The predicted molar refractivity (Wildman–Crippen MR) is 71.9 cm³/mol. The van der Waals surface area contributed by atoms with Gasteiger partial charge >= 0.3 is 0 Å². The molecule has 1 heterocycles. The summed E-state index contributed by atoms with van der Waals surface area (Å²) in [7, 11) is 0. The van der Waals surface area contributed by atoms with E-state index in [4.69, 9.17) is 5.73 Å². The van der Waals surface area contributed by atoms with E-state index in [1.165, 1.54) is 25.7 Å². The molecular formula is C12H26N6. The molecule has 6 nitrogen and oxygen atoms in total. The molecule has 0 bridgehead atoms. The highest BCUT2D eigenvalue weighted by Gasteiger charge is 2.27. The van der Waals surface area contributed by atoms with Gasteiger partial charge in [0.1, 0.15) is 0 Å². The van der Waals surface area contributed by atoms with Crippen molar-refractivity contribution in [1.29, 1.82) is 0 Å². The van der Waals surface area contributed by atoms with Gasteiger partial charge < -0.3 is 11.1 Å². The minimum atomic E-state index is 0.170. The number of H-pyrrole nitrogens is 1. The number of nitrogens with two attached hydrogens (primary N) is 1. The van der Waals surface area contributed by atoms with Crippen LogP contribution >= 0.6 is 0 Å². The molecule has 0 unspecified atom stereocenters. The van der Waals surface area contributed by atoms with Gasteiger partial charge in [-0.3, -0.25) is 0 Å². The molecule has 1 aromatic heterocycles. The third kappa shape index (κ3) is 4.70. The lowest BCUT2D eigenvalue weighted by Crippen LogP contribution is -2.45. The van der Waals surface area contributed by atoms with Crippen molar-refractivity contribution in [2.45, 2.75) is 64.5 Å². The summed E-state index contributed by atoms with van der Waals surface area (Å²) >= 11 is 0. The summed E-state index contributed by atoms with van der Waals surface area (Å²) in [6, 6.07) is 0. The zero-order valence-electron chi connectivity index (χ0n) is 11.6. The first-order chi connectivity index (χ1) is 8.76. The van der Waals surface area contributed by atoms with Crippen LogP contribution in [0.3, 0.4) is 0 Å². The number of nitrogens with one attached hydrogen (secondary N) is 2. The van der Waals surface area contributed by atoms with E-state index in [-0.39, 0.29) is 5.54 Å². The second-order valence-electron chi connectivity index (χ2n) is 4.85. The molecule has 0 fully saturated rings. The summed E-state index contributed by atoms with van der Waals surface area (Å²) in [5.74, 6) is 0.722. The van der Waals surface area contributed by atoms with E-state index in [2.05, 4.69) is 39.8 Å². The fourth-order valence-electron chi connectivity index (χ4n) is 2.56. The van der Waals surface area contributed by atoms with Crippen LogP contribution < -0.4 is 11.1 Å². The first kappa shape index (κ1) is 15.0. The molecule has 0 amide bonds. The Morgan fingerprint density at radius 1 is 1.22 bits per heavy atom. The van der Waals surface area contributed by atoms with Gasteiger partial charge in [-0.15, -0.1) is 10.2 Å². The van der Waals surface area contributed by atoms with E-state index in [1.807, 2.05) is 0 Å². The lowest BCUT2D eigenvalue weighted by atomic mass is 9.84. The lowest BCUT2D eigenvalue weighted by Gasteiger charge is -2.34. The van der Waals surface area contributed by atoms with Crippen LogP contribution in [-0.4, -0.2) is 32.7 Å². The van der Waals surface area contributed by atoms with Crippen LogP contribution in [0.15, 0.2) is 0 Å². The highest BCUT2D eigenvalue weighted by Crippen LogP contribution is 2.25. The normalized spacial score (nSPS) is 11.9. The summed E-state index contributed by atoms with van der Waals surface area (Å²) in [6.07, 6.45) is 6.84. The Kier molecular flexibility index (Phi) is 6.82. The highest BCUT2D eigenvalue weighted by molar-refractivity contribution is 4.89. The van der Waals surface area contributed by atoms with Gasteiger partial charge in [0.05, 0.1) is 6.54 Å². The van der Waals surface area contributed by atoms with Crippen LogP contribution in [0.1, 0.15) is 58.2 Å². The number of tetrazole rings is 1. The first-order valence-corrected chi connectivity index (χ1v) is 6.93. The summed E-state index contributed by atoms with van der Waals surface area (Å²) in [5.41, 5.74) is 5.82. The monoisotopic (exact) mass is 254 g/mol. The molecule has 0 saturated heterocycles. The summed E-state index contributed by atoms with van der Waals surface area (Å²) in [4.78, 5) is 0. The van der Waals surface area contributed by atoms with E-state index in [9.17, 15) is 0 Å². The SMILES string of the molecule is CCCC(CCC)(CCCN)NCc1nn[nH]n1. The second kappa shape index (κ2) is 8.16. The quantitative estimate of drug-likeness (QED) is 0.586. The predicted octanol–water partition coefficient (Wildman–Crippen LogP) is 1.37. The molecular weight excluding hydrogens is 228 g/mol. The van der Waals surface area contributed by atoms with E-state index < -0.39 is 0 Å². The Morgan fingerprint density at radius 3 is 2.44 bits per heavy atom. The zero-order valence-corrected chi connectivity index (χ0v) is 11.6. The van der Waals surface area contributed by atoms with Gasteiger partial charge in [0.2, 0.25) is 0 Å². The summed E-state index contributed by atoms with van der Waals surface area (Å²) in [6.45, 7) is 5.87. The van der Waals surface area contributed by atoms with E-state index in [0.717, 1.165) is 25.2 Å². The molecule has 1 aromatic rings. The van der Waals surface area contributed by atoms with Gasteiger partial charge in [0.25, 0.3) is 0 Å². The number of aromatic nitrogens is 4. The third-order valence-electron chi connectivity index (χ3n) is 3.33. The molecule has 0 aliphatic carbocycles. The molecule has 0 spiro atoms. The largest absolute Gasteiger partial charge is 0.330 e. The highest BCUT2D eigenvalue weighted by atomic mass is 15.5. The van der Waals surface area contributed by atoms with Crippen molar-refractivity contribution in [2.75, 3.05) is 6.54 Å². The van der Waals surface area contributed by atoms with Crippen molar-refractivity contribution in [3.63, 3.8) is 0 Å². The Balaban J connectivity index is 2.60. The number of nitrogens with zero attached hydrogens (tertiary/aromatic N) is 3. The van der Waals surface area contributed by atoms with Crippen molar-refractivity contribution < 1.29 is 0 Å². The lowest BCUT2D eigenvalue weighted by molar-refractivity contribution is 0.247. The smallest absolute Gasteiger partial charge is 0.188 e. The van der Waals surface area contributed by atoms with E-state index in [1.54, 1.807) is 0 Å². The Labute approximate surface area is 109 Å². The average molecular weight is 254 g/mol. The van der Waals surface area contributed by atoms with Crippen molar-refractivity contribution in [2.24, 2.45) is 5.73 Å². The number of aromatic amines is 1. The maximum absolute atomic E-state index is 5.65. The molecule has 0 atom stereocenters. The molecule has 0 saturated carbocycles. The molecule has 104 valence electrons. The van der Waals surface area contributed by atoms with Gasteiger partial charge in [-0.2, -0.15) is 5.21 Å². The van der Waals surface area contributed by atoms with Gasteiger partial charge in [-0.25, -0.2) is 0 Å². The van der Waals surface area contributed by atoms with E-state index >= 15 is 0 Å². The summed E-state index contributed by atoms with van der Waals surface area (Å²) in [5, 5.41) is 17.7. The van der Waals surface area contributed by atoms with Crippen LogP contribution in [0.2, 0.25) is 0 Å². The second-order valence-corrected chi connectivity index (χ2v) is 4.85. The van der Waals surface area contributed by atoms with Crippen molar-refractivity contribution in [3.05, 3.63) is 5.82 Å². The molecule has 0 aromatic carbocycles. The van der Waals surface area contributed by atoms with Crippen LogP contribution in [-0.2, 0) is 6.54 Å². The van der Waals surface area contributed by atoms with Crippen LogP contribution in [0, 0.1) is 0 Å². The molecule has 18 heavy (non-hydrogen) atoms. The maximum atomic E-state index is 5.65. The molecule has 0 aliphatic rings. The minimum Gasteiger partial charge on any atom is -0.330 e. The minimum absolute atomic E-state index is 0.170. The Morgan fingerprint density at radius 2 is 1.94 bits per heavy atom. The average Bonchev–Trinajstić information content (AvgIpc) is 2.88. The number of rotatable bonds is 10. The summed E-state index contributed by atoms with van der Waals surface area (Å²) < 4.78 is 0. The molecule has 0 aliphatic heterocycles. The fraction of sp³-hybridized carbons (Fsp3) is 0.917. The van der Waals surface area contributed by atoms with Crippen molar-refractivity contribution in [3.8, 4) is 0 Å². The standard InChI is InChI=1S/C12H26N6/c1-3-6-12(7-4-2,8-5-9-13)14-10-11-15-17-18-16-11/h14H,3-10,13H2,1-2H3,(H,15,16,17,18). The van der Waals surface area contributed by atoms with Gasteiger partial charge in [-0.1, -0.05) is 31.9 Å². The third-order valence-corrected chi connectivity index (χ3v) is 3.33. The Hall–Kier alpha value is -1.01. The van der Waals surface area contributed by atoms with Crippen LogP contribution in [0.4, 0.5) is 0 Å². The zero-order chi connectivity index (χ0) is 13.3. The van der Waals surface area contributed by atoms with Gasteiger partial charge in [0, 0.05) is 5.54 Å². The van der Waals surface area contributed by atoms with Gasteiger partial charge in [0.15, 0.2) is 5.82 Å². The van der Waals surface area contributed by atoms with E-state index in [0.29, 0.717) is 6.54 Å². The molecule has 4 N–H and O–H groups in total. The molecule has 0 radical (unpaired) electrons.